The van der Waals surface area contributed by atoms with Crippen molar-refractivity contribution < 1.29 is 4.79 Å². The molecule has 2 aromatic rings. The van der Waals surface area contributed by atoms with Crippen molar-refractivity contribution in [2.24, 2.45) is 12.0 Å². The summed E-state index contributed by atoms with van der Waals surface area (Å²) in [4.78, 5) is 20.2. The number of nitrogens with zero attached hydrogens (tertiary/aromatic N) is 4. The molecule has 0 aliphatic carbocycles. The zero-order chi connectivity index (χ0) is 17.4. The third-order valence-corrected chi connectivity index (χ3v) is 3.78. The van der Waals surface area contributed by atoms with Gasteiger partial charge in [0.15, 0.2) is 5.96 Å². The predicted octanol–water partition coefficient (Wildman–Crippen LogP) is 1.29. The third-order valence-electron chi connectivity index (χ3n) is 3.25. The topological polar surface area (TPSA) is 96.2 Å². The van der Waals surface area contributed by atoms with E-state index in [1.165, 1.54) is 6.33 Å². The van der Waals surface area contributed by atoms with Crippen molar-refractivity contribution in [2.45, 2.75) is 6.54 Å². The van der Waals surface area contributed by atoms with E-state index in [4.69, 9.17) is 0 Å². The van der Waals surface area contributed by atoms with E-state index in [0.717, 1.165) is 10.3 Å². The van der Waals surface area contributed by atoms with Crippen molar-refractivity contribution in [1.29, 1.82) is 0 Å². The number of rotatable bonds is 6. The molecule has 0 unspecified atom stereocenters. The Labute approximate surface area is 172 Å². The summed E-state index contributed by atoms with van der Waals surface area (Å²) >= 11 is 3.34. The van der Waals surface area contributed by atoms with E-state index in [9.17, 15) is 4.79 Å². The molecule has 8 nitrogen and oxygen atoms in total. The van der Waals surface area contributed by atoms with Crippen LogP contribution in [-0.2, 0) is 13.6 Å². The van der Waals surface area contributed by atoms with Gasteiger partial charge in [-0.2, -0.15) is 5.10 Å². The van der Waals surface area contributed by atoms with E-state index in [0.29, 0.717) is 31.2 Å². The maximum absolute atomic E-state index is 12.0. The summed E-state index contributed by atoms with van der Waals surface area (Å²) in [6.45, 7) is 1.56. The number of carbonyl (C=O) groups is 1. The van der Waals surface area contributed by atoms with E-state index in [1.54, 1.807) is 23.9 Å². The predicted molar refractivity (Wildman–Crippen MR) is 111 cm³/mol. The maximum Gasteiger partial charge on any atom is 0.251 e. The van der Waals surface area contributed by atoms with Crippen LogP contribution in [0.25, 0.3) is 0 Å². The van der Waals surface area contributed by atoms with Crippen LogP contribution in [0.5, 0.6) is 0 Å². The third kappa shape index (κ3) is 6.98. The smallest absolute Gasteiger partial charge is 0.251 e. The minimum atomic E-state index is -0.105. The van der Waals surface area contributed by atoms with Gasteiger partial charge >= 0.3 is 0 Å². The molecule has 1 heterocycles. The number of nitrogens with one attached hydrogen (secondary N) is 3. The highest BCUT2D eigenvalue weighted by molar-refractivity contribution is 14.0. The average molecular weight is 522 g/mol. The molecule has 0 saturated carbocycles. The summed E-state index contributed by atoms with van der Waals surface area (Å²) in [5.74, 6) is 1.34. The number of hydrogen-bond acceptors (Lipinski definition) is 4. The molecule has 1 aromatic carbocycles. The lowest BCUT2D eigenvalue weighted by atomic mass is 10.2. The number of amides is 1. The lowest BCUT2D eigenvalue weighted by Gasteiger charge is -2.12. The van der Waals surface area contributed by atoms with Crippen molar-refractivity contribution in [2.75, 3.05) is 20.1 Å². The highest BCUT2D eigenvalue weighted by Crippen LogP contribution is 2.10. The number of carbonyl (C=O) groups excluding carboxylic acids is 1. The van der Waals surface area contributed by atoms with Gasteiger partial charge in [-0.1, -0.05) is 15.9 Å². The molecular weight excluding hydrogens is 501 g/mol. The van der Waals surface area contributed by atoms with Crippen LogP contribution in [0.3, 0.4) is 0 Å². The van der Waals surface area contributed by atoms with Gasteiger partial charge in [0.25, 0.3) is 5.91 Å². The molecule has 136 valence electrons. The summed E-state index contributed by atoms with van der Waals surface area (Å²) in [5.41, 5.74) is 0.628. The van der Waals surface area contributed by atoms with E-state index in [2.05, 4.69) is 47.0 Å². The molecule has 0 fully saturated rings. The SMILES string of the molecule is CN=C(NCCNC(=O)c1ccc(Br)cc1)NCc1ncnn1C.I. The Morgan fingerprint density at radius 3 is 2.48 bits per heavy atom. The highest BCUT2D eigenvalue weighted by atomic mass is 127. The van der Waals surface area contributed by atoms with Crippen molar-refractivity contribution >= 4 is 51.8 Å². The van der Waals surface area contributed by atoms with E-state index < -0.39 is 0 Å². The Morgan fingerprint density at radius 1 is 1.20 bits per heavy atom. The zero-order valence-electron chi connectivity index (χ0n) is 14.0. The van der Waals surface area contributed by atoms with E-state index in [-0.39, 0.29) is 29.9 Å². The van der Waals surface area contributed by atoms with Crippen LogP contribution in [0, 0.1) is 0 Å². The van der Waals surface area contributed by atoms with Crippen LogP contribution in [0.15, 0.2) is 40.1 Å². The lowest BCUT2D eigenvalue weighted by molar-refractivity contribution is 0.0954. The number of guanidine groups is 1. The fraction of sp³-hybridized carbons (Fsp3) is 0.333. The first-order valence-corrected chi connectivity index (χ1v) is 8.20. The number of aromatic nitrogens is 3. The van der Waals surface area contributed by atoms with Gasteiger partial charge in [-0.05, 0) is 24.3 Å². The van der Waals surface area contributed by atoms with Gasteiger partial charge in [-0.3, -0.25) is 14.5 Å². The second-order valence-corrected chi connectivity index (χ2v) is 5.83. The van der Waals surface area contributed by atoms with Crippen LogP contribution in [0.4, 0.5) is 0 Å². The van der Waals surface area contributed by atoms with Gasteiger partial charge in [0, 0.05) is 37.2 Å². The van der Waals surface area contributed by atoms with Gasteiger partial charge in [-0.25, -0.2) is 4.98 Å². The van der Waals surface area contributed by atoms with Crippen molar-refractivity contribution in [3.8, 4) is 0 Å². The fourth-order valence-electron chi connectivity index (χ4n) is 1.92. The zero-order valence-corrected chi connectivity index (χ0v) is 17.9. The number of aliphatic imine (C=N–C) groups is 1. The highest BCUT2D eigenvalue weighted by Gasteiger charge is 2.05. The van der Waals surface area contributed by atoms with Crippen molar-refractivity contribution in [3.63, 3.8) is 0 Å². The second kappa shape index (κ2) is 11.0. The monoisotopic (exact) mass is 521 g/mol. The Hall–Kier alpha value is -1.69. The fourth-order valence-corrected chi connectivity index (χ4v) is 2.19. The molecule has 0 radical (unpaired) electrons. The minimum Gasteiger partial charge on any atom is -0.355 e. The molecule has 2 rings (SSSR count). The molecule has 0 aliphatic rings. The molecule has 1 amide bonds. The number of benzene rings is 1. The number of aryl methyl sites for hydroxylation is 1. The van der Waals surface area contributed by atoms with Crippen LogP contribution < -0.4 is 16.0 Å². The molecule has 0 spiro atoms. The van der Waals surface area contributed by atoms with Gasteiger partial charge in [0.05, 0.1) is 6.54 Å². The second-order valence-electron chi connectivity index (χ2n) is 4.92. The summed E-state index contributed by atoms with van der Waals surface area (Å²) in [6.07, 6.45) is 1.50. The normalized spacial score (nSPS) is 10.8. The number of hydrogen-bond donors (Lipinski definition) is 3. The summed E-state index contributed by atoms with van der Waals surface area (Å²) in [7, 11) is 3.52. The van der Waals surface area contributed by atoms with Crippen LogP contribution in [-0.4, -0.2) is 46.8 Å². The maximum atomic E-state index is 12.0. The molecule has 0 atom stereocenters. The van der Waals surface area contributed by atoms with Crippen LogP contribution in [0.1, 0.15) is 16.2 Å². The Balaban J connectivity index is 0.00000312. The first-order chi connectivity index (χ1) is 11.6. The average Bonchev–Trinajstić information content (AvgIpc) is 2.99. The summed E-state index contributed by atoms with van der Waals surface area (Å²) in [6, 6.07) is 7.22. The molecule has 1 aromatic heterocycles. The molecule has 10 heteroatoms. The first-order valence-electron chi connectivity index (χ1n) is 7.41. The van der Waals surface area contributed by atoms with Gasteiger partial charge < -0.3 is 16.0 Å². The van der Waals surface area contributed by atoms with Crippen molar-refractivity contribution in [3.05, 3.63) is 46.5 Å². The molecule has 0 bridgehead atoms. The largest absolute Gasteiger partial charge is 0.355 e. The quantitative estimate of drug-likeness (QED) is 0.230. The summed E-state index contributed by atoms with van der Waals surface area (Å²) < 4.78 is 2.64. The van der Waals surface area contributed by atoms with Gasteiger partial charge in [0.1, 0.15) is 12.2 Å². The molecule has 0 saturated heterocycles. The lowest BCUT2D eigenvalue weighted by Crippen LogP contribution is -2.41. The van der Waals surface area contributed by atoms with Crippen LogP contribution >= 0.6 is 39.9 Å². The van der Waals surface area contributed by atoms with Crippen LogP contribution in [0.2, 0.25) is 0 Å². The number of halogens is 2. The molecular formula is C15H21BrIN7O. The summed E-state index contributed by atoms with van der Waals surface area (Å²) in [5, 5.41) is 13.1. The first kappa shape index (κ1) is 21.4. The van der Waals surface area contributed by atoms with E-state index >= 15 is 0 Å². The Bertz CT molecular complexity index is 702. The minimum absolute atomic E-state index is 0. The van der Waals surface area contributed by atoms with E-state index in [1.807, 2.05) is 19.2 Å². The Kier molecular flexibility index (Phi) is 9.42. The van der Waals surface area contributed by atoms with Gasteiger partial charge in [0.2, 0.25) is 0 Å². The molecule has 25 heavy (non-hydrogen) atoms. The molecule has 0 aliphatic heterocycles. The standard InChI is InChI=1S/C15H20BrN7O.HI/c1-17-15(20-9-13-21-10-22-23(13)2)19-8-7-18-14(24)11-3-5-12(16)6-4-11;/h3-6,10H,7-9H2,1-2H3,(H,18,24)(H2,17,19,20);1H. The van der Waals surface area contributed by atoms with Crippen molar-refractivity contribution in [1.82, 2.24) is 30.7 Å². The Morgan fingerprint density at radius 2 is 1.88 bits per heavy atom. The molecule has 3 N–H and O–H groups in total. The van der Waals surface area contributed by atoms with Gasteiger partial charge in [-0.15, -0.1) is 24.0 Å².